The van der Waals surface area contributed by atoms with Crippen molar-refractivity contribution in [2.45, 2.75) is 46.3 Å². The number of hydrogen-bond acceptors (Lipinski definition) is 6. The number of fused-ring (bicyclic) bond motifs is 1. The number of ether oxygens (including phenoxy) is 2. The fraction of sp³-hybridized carbons (Fsp3) is 0.310. The molecule has 9 heteroatoms. The van der Waals surface area contributed by atoms with Gasteiger partial charge in [-0.05, 0) is 65.0 Å². The first-order chi connectivity index (χ1) is 18.0. The van der Waals surface area contributed by atoms with Crippen LogP contribution in [-0.2, 0) is 4.74 Å². The van der Waals surface area contributed by atoms with Crippen molar-refractivity contribution in [3.05, 3.63) is 71.5 Å². The molecule has 0 bridgehead atoms. The number of amides is 1. The zero-order valence-electron chi connectivity index (χ0n) is 22.1. The monoisotopic (exact) mass is 514 g/mol. The van der Waals surface area contributed by atoms with Crippen LogP contribution >= 0.6 is 0 Å². The molecule has 1 amide bonds. The summed E-state index contributed by atoms with van der Waals surface area (Å²) in [6.45, 7) is 10.2. The summed E-state index contributed by atoms with van der Waals surface area (Å²) in [6, 6.07) is 13.0. The molecule has 2 aromatic carbocycles. The number of nitrogens with zero attached hydrogens (tertiary/aromatic N) is 4. The standard InChI is InChI=1S/C29H30N4O5/c1-17-10-18(2)12-19(11-17)24-14-30-23-8-9-33(26(23)31-24)20-6-7-22(27(34)35)25(13-20)37-21-15-32(16-21)28(36)38-29(3,4)5/h6-14,21H,15-16H2,1-5H3,(H,34,35). The summed E-state index contributed by atoms with van der Waals surface area (Å²) in [5.74, 6) is -0.867. The van der Waals surface area contributed by atoms with Crippen LogP contribution in [0.3, 0.4) is 0 Å². The quantitative estimate of drug-likeness (QED) is 0.380. The molecule has 196 valence electrons. The summed E-state index contributed by atoms with van der Waals surface area (Å²) < 4.78 is 13.3. The lowest BCUT2D eigenvalue weighted by molar-refractivity contribution is -0.0224. The molecule has 3 heterocycles. The van der Waals surface area contributed by atoms with Crippen LogP contribution in [0.2, 0.25) is 0 Å². The van der Waals surface area contributed by atoms with Gasteiger partial charge in [-0.1, -0.05) is 17.2 Å². The van der Waals surface area contributed by atoms with Crippen LogP contribution in [0.25, 0.3) is 28.1 Å². The maximum Gasteiger partial charge on any atom is 0.410 e. The van der Waals surface area contributed by atoms with E-state index in [-0.39, 0.29) is 17.4 Å². The van der Waals surface area contributed by atoms with Gasteiger partial charge in [0.25, 0.3) is 0 Å². The Bertz CT molecular complexity index is 1530. The maximum absolute atomic E-state index is 12.3. The molecule has 0 radical (unpaired) electrons. The summed E-state index contributed by atoms with van der Waals surface area (Å²) in [4.78, 5) is 35.2. The Kier molecular flexibility index (Phi) is 6.30. The summed E-state index contributed by atoms with van der Waals surface area (Å²) in [5.41, 5.74) is 5.53. The fourth-order valence-electron chi connectivity index (χ4n) is 4.47. The summed E-state index contributed by atoms with van der Waals surface area (Å²) in [7, 11) is 0. The van der Waals surface area contributed by atoms with E-state index in [4.69, 9.17) is 14.5 Å². The first-order valence-corrected chi connectivity index (χ1v) is 12.4. The second-order valence-corrected chi connectivity index (χ2v) is 10.6. The average Bonchev–Trinajstić information content (AvgIpc) is 3.22. The molecule has 1 fully saturated rings. The van der Waals surface area contributed by atoms with Gasteiger partial charge >= 0.3 is 12.1 Å². The molecule has 4 aromatic rings. The number of carboxylic acid groups (broad SMARTS) is 1. The van der Waals surface area contributed by atoms with Crippen molar-refractivity contribution in [1.82, 2.24) is 19.4 Å². The predicted octanol–water partition coefficient (Wildman–Crippen LogP) is 5.40. The van der Waals surface area contributed by atoms with E-state index in [2.05, 4.69) is 23.2 Å². The normalized spacial score (nSPS) is 13.9. The molecule has 0 aliphatic carbocycles. The van der Waals surface area contributed by atoms with E-state index >= 15 is 0 Å². The maximum atomic E-state index is 12.3. The van der Waals surface area contributed by atoms with Crippen LogP contribution in [0.4, 0.5) is 4.79 Å². The van der Waals surface area contributed by atoms with E-state index in [0.717, 1.165) is 27.9 Å². The van der Waals surface area contributed by atoms with Crippen LogP contribution in [0.5, 0.6) is 5.75 Å². The lowest BCUT2D eigenvalue weighted by Crippen LogP contribution is -2.57. The summed E-state index contributed by atoms with van der Waals surface area (Å²) >= 11 is 0. The third-order valence-electron chi connectivity index (χ3n) is 6.18. The molecule has 0 spiro atoms. The molecule has 5 rings (SSSR count). The van der Waals surface area contributed by atoms with Crippen LogP contribution in [0.1, 0.15) is 42.3 Å². The van der Waals surface area contributed by atoms with Crippen LogP contribution < -0.4 is 4.74 Å². The van der Waals surface area contributed by atoms with E-state index in [0.29, 0.717) is 24.4 Å². The Morgan fingerprint density at radius 2 is 1.74 bits per heavy atom. The summed E-state index contributed by atoms with van der Waals surface area (Å²) in [5, 5.41) is 9.74. The second kappa shape index (κ2) is 9.48. The number of aromatic carboxylic acids is 1. The van der Waals surface area contributed by atoms with E-state index in [9.17, 15) is 14.7 Å². The highest BCUT2D eigenvalue weighted by Gasteiger charge is 2.35. The first kappa shape index (κ1) is 25.3. The molecule has 2 aromatic heterocycles. The molecule has 1 aliphatic rings. The van der Waals surface area contributed by atoms with Crippen LogP contribution in [0, 0.1) is 13.8 Å². The minimum absolute atomic E-state index is 0.0444. The van der Waals surface area contributed by atoms with Crippen molar-refractivity contribution in [1.29, 1.82) is 0 Å². The minimum Gasteiger partial charge on any atom is -0.486 e. The Balaban J connectivity index is 1.43. The minimum atomic E-state index is -1.09. The topological polar surface area (TPSA) is 107 Å². The molecule has 0 unspecified atom stereocenters. The molecule has 9 nitrogen and oxygen atoms in total. The molecule has 1 N–H and O–H groups in total. The fourth-order valence-corrected chi connectivity index (χ4v) is 4.47. The van der Waals surface area contributed by atoms with Crippen molar-refractivity contribution < 1.29 is 24.2 Å². The van der Waals surface area contributed by atoms with E-state index in [1.54, 1.807) is 18.3 Å². The number of carboxylic acids is 1. The molecular formula is C29H30N4O5. The smallest absolute Gasteiger partial charge is 0.410 e. The number of aryl methyl sites for hydroxylation is 2. The zero-order chi connectivity index (χ0) is 27.2. The van der Waals surface area contributed by atoms with Gasteiger partial charge in [-0.2, -0.15) is 0 Å². The average molecular weight is 515 g/mol. The summed E-state index contributed by atoms with van der Waals surface area (Å²) in [6.07, 6.45) is 2.86. The van der Waals surface area contributed by atoms with E-state index in [1.165, 1.54) is 11.0 Å². The first-order valence-electron chi connectivity index (χ1n) is 12.4. The highest BCUT2D eigenvalue weighted by Crippen LogP contribution is 2.29. The lowest BCUT2D eigenvalue weighted by Gasteiger charge is -2.39. The zero-order valence-corrected chi connectivity index (χ0v) is 22.1. The third kappa shape index (κ3) is 5.18. The number of aromatic nitrogens is 3. The highest BCUT2D eigenvalue weighted by atomic mass is 16.6. The molecular weight excluding hydrogens is 484 g/mol. The number of carbonyl (C=O) groups excluding carboxylic acids is 1. The van der Waals surface area contributed by atoms with Crippen molar-refractivity contribution in [2.75, 3.05) is 13.1 Å². The van der Waals surface area contributed by atoms with Gasteiger partial charge in [-0.25, -0.2) is 14.6 Å². The van der Waals surface area contributed by atoms with Gasteiger partial charge in [-0.15, -0.1) is 0 Å². The SMILES string of the molecule is Cc1cc(C)cc(-c2cnc3ccn(-c4ccc(C(=O)O)c(OC5CN(C(=O)OC(C)(C)C)C5)c4)c3n2)c1. The molecule has 1 aliphatic heterocycles. The van der Waals surface area contributed by atoms with Gasteiger partial charge in [0.2, 0.25) is 0 Å². The predicted molar refractivity (Wildman–Crippen MR) is 143 cm³/mol. The molecule has 1 saturated heterocycles. The number of rotatable bonds is 5. The van der Waals surface area contributed by atoms with Crippen LogP contribution in [-0.4, -0.2) is 61.4 Å². The number of benzene rings is 2. The Labute approximate surface area is 220 Å². The van der Waals surface area contributed by atoms with Crippen LogP contribution in [0.15, 0.2) is 54.9 Å². The van der Waals surface area contributed by atoms with Crippen molar-refractivity contribution in [2.24, 2.45) is 0 Å². The van der Waals surface area contributed by atoms with Gasteiger partial charge in [0.05, 0.1) is 30.7 Å². The molecule has 0 atom stereocenters. The second-order valence-electron chi connectivity index (χ2n) is 10.6. The van der Waals surface area contributed by atoms with Gasteiger partial charge in [0.15, 0.2) is 5.65 Å². The number of hydrogen-bond donors (Lipinski definition) is 1. The number of carbonyl (C=O) groups is 2. The van der Waals surface area contributed by atoms with Gasteiger partial charge < -0.3 is 19.5 Å². The Morgan fingerprint density at radius 1 is 1.03 bits per heavy atom. The van der Waals surface area contributed by atoms with Crippen molar-refractivity contribution in [3.8, 4) is 22.7 Å². The highest BCUT2D eigenvalue weighted by molar-refractivity contribution is 5.91. The molecule has 38 heavy (non-hydrogen) atoms. The number of likely N-dealkylation sites (tertiary alicyclic amines) is 1. The van der Waals surface area contributed by atoms with Crippen molar-refractivity contribution >= 4 is 23.2 Å². The third-order valence-corrected chi connectivity index (χ3v) is 6.18. The van der Waals surface area contributed by atoms with Crippen molar-refractivity contribution in [3.63, 3.8) is 0 Å². The van der Waals surface area contributed by atoms with Gasteiger partial charge in [-0.3, -0.25) is 9.55 Å². The van der Waals surface area contributed by atoms with Gasteiger partial charge in [0.1, 0.15) is 28.5 Å². The Morgan fingerprint density at radius 3 is 2.39 bits per heavy atom. The largest absolute Gasteiger partial charge is 0.486 e. The lowest BCUT2D eigenvalue weighted by atomic mass is 10.1. The molecule has 0 saturated carbocycles. The van der Waals surface area contributed by atoms with E-state index in [1.807, 2.05) is 51.4 Å². The van der Waals surface area contributed by atoms with E-state index < -0.39 is 17.7 Å². The Hall–Kier alpha value is -4.40. The van der Waals surface area contributed by atoms with Gasteiger partial charge in [0, 0.05) is 17.8 Å².